The molecule has 0 aliphatic heterocycles. The molecule has 2 nitrogen and oxygen atoms in total. The molecule has 1 aromatic carbocycles. The van der Waals surface area contributed by atoms with Crippen LogP contribution in [0.25, 0.3) is 0 Å². The Morgan fingerprint density at radius 2 is 1.76 bits per heavy atom. The van der Waals surface area contributed by atoms with E-state index in [1.54, 1.807) is 0 Å². The van der Waals surface area contributed by atoms with Gasteiger partial charge in [-0.05, 0) is 30.9 Å². The van der Waals surface area contributed by atoms with Crippen molar-refractivity contribution in [1.29, 1.82) is 0 Å². The molecule has 1 saturated carbocycles. The van der Waals surface area contributed by atoms with Gasteiger partial charge in [0.1, 0.15) is 11.6 Å². The van der Waals surface area contributed by atoms with Crippen LogP contribution in [0.1, 0.15) is 24.4 Å². The summed E-state index contributed by atoms with van der Waals surface area (Å²) in [6, 6.07) is 1.30. The standard InChI is InChI=1S/C11H12BrF2NO.ClH/c12-6-3-7(13)9(8(14)4-6)10(15)11(16)5-1-2-5;/h3-5,10-11,16H,1-2,15H2;1H/t10-,11+;/m1./s1. The smallest absolute Gasteiger partial charge is 0.132 e. The van der Waals surface area contributed by atoms with Crippen molar-refractivity contribution in [2.75, 3.05) is 0 Å². The zero-order chi connectivity index (χ0) is 11.9. The second-order valence-corrected chi connectivity index (χ2v) is 5.05. The van der Waals surface area contributed by atoms with Crippen LogP contribution in [0.5, 0.6) is 0 Å². The van der Waals surface area contributed by atoms with Crippen molar-refractivity contribution in [3.8, 4) is 0 Å². The second-order valence-electron chi connectivity index (χ2n) is 4.14. The first-order chi connectivity index (χ1) is 7.50. The lowest BCUT2D eigenvalue weighted by molar-refractivity contribution is 0.119. The average molecular weight is 329 g/mol. The highest BCUT2D eigenvalue weighted by Gasteiger charge is 2.36. The molecule has 96 valence electrons. The maximum Gasteiger partial charge on any atom is 0.132 e. The molecule has 2 atom stereocenters. The predicted molar refractivity (Wildman–Crippen MR) is 67.0 cm³/mol. The highest BCUT2D eigenvalue weighted by Crippen LogP contribution is 2.38. The average Bonchev–Trinajstić information content (AvgIpc) is 2.97. The van der Waals surface area contributed by atoms with Gasteiger partial charge >= 0.3 is 0 Å². The van der Waals surface area contributed by atoms with E-state index < -0.39 is 23.8 Å². The summed E-state index contributed by atoms with van der Waals surface area (Å²) >= 11 is 2.99. The van der Waals surface area contributed by atoms with Crippen LogP contribution in [0, 0.1) is 17.6 Å². The number of benzene rings is 1. The Bertz CT molecular complexity index is 391. The molecule has 6 heteroatoms. The Morgan fingerprint density at radius 1 is 1.29 bits per heavy atom. The summed E-state index contributed by atoms with van der Waals surface area (Å²) in [5.41, 5.74) is 5.45. The number of hydrogen-bond acceptors (Lipinski definition) is 2. The van der Waals surface area contributed by atoms with Crippen LogP contribution in [0.3, 0.4) is 0 Å². The van der Waals surface area contributed by atoms with Crippen LogP contribution in [-0.4, -0.2) is 11.2 Å². The van der Waals surface area contributed by atoms with Gasteiger partial charge < -0.3 is 10.8 Å². The molecule has 0 aromatic heterocycles. The van der Waals surface area contributed by atoms with E-state index in [4.69, 9.17) is 5.73 Å². The molecule has 1 aliphatic rings. The highest BCUT2D eigenvalue weighted by molar-refractivity contribution is 9.10. The molecule has 17 heavy (non-hydrogen) atoms. The summed E-state index contributed by atoms with van der Waals surface area (Å²) < 4.78 is 27.4. The van der Waals surface area contributed by atoms with Crippen LogP contribution < -0.4 is 5.73 Å². The van der Waals surface area contributed by atoms with Crippen molar-refractivity contribution in [3.05, 3.63) is 33.8 Å². The van der Waals surface area contributed by atoms with Gasteiger partial charge in [-0.1, -0.05) is 15.9 Å². The van der Waals surface area contributed by atoms with Crippen LogP contribution >= 0.6 is 28.3 Å². The van der Waals surface area contributed by atoms with Gasteiger partial charge in [-0.3, -0.25) is 0 Å². The van der Waals surface area contributed by atoms with Crippen molar-refractivity contribution in [2.24, 2.45) is 11.7 Å². The fourth-order valence-corrected chi connectivity index (χ4v) is 2.18. The Kier molecular flexibility index (Phi) is 4.89. The van der Waals surface area contributed by atoms with E-state index in [-0.39, 0.29) is 23.9 Å². The van der Waals surface area contributed by atoms with E-state index in [0.717, 1.165) is 25.0 Å². The van der Waals surface area contributed by atoms with Gasteiger partial charge in [-0.25, -0.2) is 8.78 Å². The lowest BCUT2D eigenvalue weighted by Crippen LogP contribution is -2.29. The topological polar surface area (TPSA) is 46.2 Å². The van der Waals surface area contributed by atoms with Gasteiger partial charge in [0, 0.05) is 10.0 Å². The van der Waals surface area contributed by atoms with Gasteiger partial charge in [-0.15, -0.1) is 12.4 Å². The van der Waals surface area contributed by atoms with E-state index in [9.17, 15) is 13.9 Å². The van der Waals surface area contributed by atoms with E-state index >= 15 is 0 Å². The molecule has 0 unspecified atom stereocenters. The van der Waals surface area contributed by atoms with Crippen molar-refractivity contribution in [2.45, 2.75) is 25.0 Å². The van der Waals surface area contributed by atoms with Crippen LogP contribution in [0.4, 0.5) is 8.78 Å². The monoisotopic (exact) mass is 327 g/mol. The summed E-state index contributed by atoms with van der Waals surface area (Å²) in [6.07, 6.45) is 0.869. The molecule has 0 radical (unpaired) electrons. The van der Waals surface area contributed by atoms with Gasteiger partial charge in [0.05, 0.1) is 12.1 Å². The number of halogens is 4. The fraction of sp³-hybridized carbons (Fsp3) is 0.455. The fourth-order valence-electron chi connectivity index (χ4n) is 1.77. The number of aliphatic hydroxyl groups is 1. The van der Waals surface area contributed by atoms with Crippen molar-refractivity contribution in [3.63, 3.8) is 0 Å². The first-order valence-corrected chi connectivity index (χ1v) is 5.88. The zero-order valence-electron chi connectivity index (χ0n) is 8.87. The second kappa shape index (κ2) is 5.61. The van der Waals surface area contributed by atoms with Gasteiger partial charge in [0.15, 0.2) is 0 Å². The van der Waals surface area contributed by atoms with Crippen LogP contribution in [0.2, 0.25) is 0 Å². The van der Waals surface area contributed by atoms with Gasteiger partial charge in [0.25, 0.3) is 0 Å². The quantitative estimate of drug-likeness (QED) is 0.896. The molecular weight excluding hydrogens is 315 g/mol. The predicted octanol–water partition coefficient (Wildman–Crippen LogP) is 2.92. The summed E-state index contributed by atoms with van der Waals surface area (Å²) in [5, 5.41) is 9.76. The van der Waals surface area contributed by atoms with Gasteiger partial charge in [0.2, 0.25) is 0 Å². The summed E-state index contributed by atoms with van der Waals surface area (Å²) in [4.78, 5) is 0. The van der Waals surface area contributed by atoms with Crippen molar-refractivity contribution in [1.82, 2.24) is 0 Å². The third-order valence-electron chi connectivity index (χ3n) is 2.85. The number of hydrogen-bond donors (Lipinski definition) is 2. The minimum absolute atomic E-state index is 0. The number of aliphatic hydroxyl groups excluding tert-OH is 1. The summed E-state index contributed by atoms with van der Waals surface area (Å²) in [7, 11) is 0. The van der Waals surface area contributed by atoms with Crippen LogP contribution in [0.15, 0.2) is 16.6 Å². The third-order valence-corrected chi connectivity index (χ3v) is 3.31. The number of nitrogens with two attached hydrogens (primary N) is 1. The molecule has 0 spiro atoms. The zero-order valence-corrected chi connectivity index (χ0v) is 11.3. The molecule has 3 N–H and O–H groups in total. The van der Waals surface area contributed by atoms with E-state index in [0.29, 0.717) is 4.47 Å². The Hall–Kier alpha value is -0.230. The number of rotatable bonds is 3. The first kappa shape index (κ1) is 14.8. The summed E-state index contributed by atoms with van der Waals surface area (Å²) in [5.74, 6) is -1.37. The molecule has 0 saturated heterocycles. The Morgan fingerprint density at radius 3 is 2.18 bits per heavy atom. The highest BCUT2D eigenvalue weighted by atomic mass is 79.9. The maximum atomic E-state index is 13.5. The van der Waals surface area contributed by atoms with Crippen molar-refractivity contribution >= 4 is 28.3 Å². The minimum atomic E-state index is -0.999. The Labute approximate surface area is 113 Å². The van der Waals surface area contributed by atoms with Crippen LogP contribution in [-0.2, 0) is 0 Å². The van der Waals surface area contributed by atoms with Gasteiger partial charge in [-0.2, -0.15) is 0 Å². The maximum absolute atomic E-state index is 13.5. The lowest BCUT2D eigenvalue weighted by atomic mass is 9.98. The molecule has 1 fully saturated rings. The largest absolute Gasteiger partial charge is 0.391 e. The van der Waals surface area contributed by atoms with E-state index in [1.807, 2.05) is 0 Å². The SMILES string of the molecule is Cl.N[C@H](c1c(F)cc(Br)cc1F)[C@@H](O)C1CC1. The molecule has 0 heterocycles. The normalized spacial score (nSPS) is 18.4. The van der Waals surface area contributed by atoms with Crippen molar-refractivity contribution < 1.29 is 13.9 Å². The molecule has 0 amide bonds. The Balaban J connectivity index is 0.00000144. The molecule has 2 rings (SSSR count). The first-order valence-electron chi connectivity index (χ1n) is 5.09. The van der Waals surface area contributed by atoms with E-state index in [1.165, 1.54) is 0 Å². The minimum Gasteiger partial charge on any atom is -0.391 e. The molecule has 0 bridgehead atoms. The molecule has 1 aromatic rings. The molecular formula is C11H13BrClF2NO. The summed E-state index contributed by atoms with van der Waals surface area (Å²) in [6.45, 7) is 0. The van der Waals surface area contributed by atoms with E-state index in [2.05, 4.69) is 15.9 Å². The lowest BCUT2D eigenvalue weighted by Gasteiger charge is -2.20. The molecule has 1 aliphatic carbocycles. The third kappa shape index (κ3) is 3.16.